The molecule has 2 aromatic heterocycles. The predicted octanol–water partition coefficient (Wildman–Crippen LogP) is 3.86. The molecule has 1 saturated heterocycles. The smallest absolute Gasteiger partial charge is 0.372 e. The summed E-state index contributed by atoms with van der Waals surface area (Å²) in [5.74, 6) is 1.13. The molecule has 0 radical (unpaired) electrons. The monoisotopic (exact) mass is 402 g/mol. The maximum atomic E-state index is 11.6. The highest BCUT2D eigenvalue weighted by atomic mass is 32.1. The Morgan fingerprint density at radius 2 is 2.11 bits per heavy atom. The molecule has 0 bridgehead atoms. The van der Waals surface area contributed by atoms with Crippen LogP contribution >= 0.6 is 11.3 Å². The second-order valence-electron chi connectivity index (χ2n) is 6.80. The van der Waals surface area contributed by atoms with Gasteiger partial charge in [-0.15, -0.1) is 0 Å². The van der Waals surface area contributed by atoms with Crippen LogP contribution in [0.25, 0.3) is 4.96 Å². The van der Waals surface area contributed by atoms with E-state index < -0.39 is 0 Å². The molecule has 28 heavy (non-hydrogen) atoms. The molecule has 8 nitrogen and oxygen atoms in total. The van der Waals surface area contributed by atoms with Crippen molar-refractivity contribution in [1.29, 1.82) is 0 Å². The van der Waals surface area contributed by atoms with E-state index >= 15 is 0 Å². The van der Waals surface area contributed by atoms with Crippen molar-refractivity contribution in [3.05, 3.63) is 51.5 Å². The molecule has 0 spiro atoms. The molecular formula is C19H22N4O4S. The highest BCUT2D eigenvalue weighted by molar-refractivity contribution is 7.15. The SMILES string of the molecule is CCOc1ccc(C2(CNc3nc4sccn4c3[N+](=O)[O-])CCOCC2)cc1. The minimum atomic E-state index is -0.386. The fourth-order valence-corrected chi connectivity index (χ4v) is 4.43. The zero-order chi connectivity index (χ0) is 19.6. The van der Waals surface area contributed by atoms with E-state index in [1.165, 1.54) is 21.3 Å². The highest BCUT2D eigenvalue weighted by Crippen LogP contribution is 2.37. The van der Waals surface area contributed by atoms with E-state index in [1.54, 1.807) is 11.6 Å². The Morgan fingerprint density at radius 1 is 1.36 bits per heavy atom. The van der Waals surface area contributed by atoms with Crippen LogP contribution in [0.15, 0.2) is 35.8 Å². The van der Waals surface area contributed by atoms with Crippen molar-refractivity contribution in [3.8, 4) is 5.75 Å². The Bertz CT molecular complexity index is 960. The largest absolute Gasteiger partial charge is 0.494 e. The van der Waals surface area contributed by atoms with Crippen molar-refractivity contribution in [2.45, 2.75) is 25.2 Å². The van der Waals surface area contributed by atoms with Crippen molar-refractivity contribution in [3.63, 3.8) is 0 Å². The summed E-state index contributed by atoms with van der Waals surface area (Å²) < 4.78 is 12.6. The van der Waals surface area contributed by atoms with Crippen LogP contribution in [0.5, 0.6) is 5.75 Å². The van der Waals surface area contributed by atoms with Gasteiger partial charge in [-0.2, -0.15) is 9.38 Å². The molecule has 1 aromatic carbocycles. The Kier molecular flexibility index (Phi) is 5.19. The minimum Gasteiger partial charge on any atom is -0.494 e. The average Bonchev–Trinajstić information content (AvgIpc) is 3.28. The molecule has 1 aliphatic heterocycles. The van der Waals surface area contributed by atoms with Crippen molar-refractivity contribution < 1.29 is 14.4 Å². The van der Waals surface area contributed by atoms with Gasteiger partial charge in [-0.3, -0.25) is 0 Å². The standard InChI is InChI=1S/C19H22N4O4S/c1-2-27-15-5-3-14(4-6-15)19(7-10-26-11-8-19)13-20-16-17(23(24)25)22-9-12-28-18(22)21-16/h3-6,9,12,20H,2,7-8,10-11,13H2,1H3. The second-order valence-corrected chi connectivity index (χ2v) is 7.67. The van der Waals surface area contributed by atoms with Gasteiger partial charge in [0.15, 0.2) is 0 Å². The van der Waals surface area contributed by atoms with Crippen molar-refractivity contribution in [2.24, 2.45) is 0 Å². The summed E-state index contributed by atoms with van der Waals surface area (Å²) >= 11 is 1.38. The van der Waals surface area contributed by atoms with Crippen LogP contribution in [0.4, 0.5) is 11.6 Å². The Hall–Kier alpha value is -2.65. The van der Waals surface area contributed by atoms with E-state index in [1.807, 2.05) is 19.1 Å². The van der Waals surface area contributed by atoms with E-state index in [0.717, 1.165) is 18.6 Å². The number of nitro groups is 1. The van der Waals surface area contributed by atoms with Gasteiger partial charge in [0.05, 0.1) is 6.61 Å². The van der Waals surface area contributed by atoms with Gasteiger partial charge >= 0.3 is 5.82 Å². The fraction of sp³-hybridized carbons (Fsp3) is 0.421. The summed E-state index contributed by atoms with van der Waals surface area (Å²) in [6, 6.07) is 8.12. The number of anilines is 1. The lowest BCUT2D eigenvalue weighted by molar-refractivity contribution is -0.389. The second kappa shape index (κ2) is 7.76. The quantitative estimate of drug-likeness (QED) is 0.477. The molecule has 1 fully saturated rings. The number of hydrogen-bond donors (Lipinski definition) is 1. The van der Waals surface area contributed by atoms with Crippen LogP contribution in [0.1, 0.15) is 25.3 Å². The summed E-state index contributed by atoms with van der Waals surface area (Å²) in [5, 5.41) is 16.6. The lowest BCUT2D eigenvalue weighted by Crippen LogP contribution is -2.40. The summed E-state index contributed by atoms with van der Waals surface area (Å²) in [6.07, 6.45) is 3.35. The topological polar surface area (TPSA) is 90.9 Å². The lowest BCUT2D eigenvalue weighted by atomic mass is 9.74. The van der Waals surface area contributed by atoms with Crippen LogP contribution in [-0.2, 0) is 10.2 Å². The van der Waals surface area contributed by atoms with Gasteiger partial charge in [-0.25, -0.2) is 0 Å². The number of ether oxygens (including phenoxy) is 2. The van der Waals surface area contributed by atoms with Gasteiger partial charge in [0.25, 0.3) is 4.96 Å². The van der Waals surface area contributed by atoms with Gasteiger partial charge in [0.2, 0.25) is 5.82 Å². The lowest BCUT2D eigenvalue weighted by Gasteiger charge is -2.38. The Labute approximate surface area is 166 Å². The van der Waals surface area contributed by atoms with Crippen LogP contribution in [0, 0.1) is 10.1 Å². The molecule has 148 valence electrons. The van der Waals surface area contributed by atoms with E-state index in [2.05, 4.69) is 22.4 Å². The minimum absolute atomic E-state index is 0.0230. The van der Waals surface area contributed by atoms with Crippen molar-refractivity contribution in [1.82, 2.24) is 9.38 Å². The normalized spacial score (nSPS) is 16.2. The van der Waals surface area contributed by atoms with Gasteiger partial charge in [-0.1, -0.05) is 23.5 Å². The van der Waals surface area contributed by atoms with Crippen LogP contribution < -0.4 is 10.1 Å². The number of hydrogen-bond acceptors (Lipinski definition) is 7. The number of nitrogens with one attached hydrogen (secondary N) is 1. The molecule has 0 aliphatic carbocycles. The van der Waals surface area contributed by atoms with Gasteiger partial charge in [0, 0.05) is 30.6 Å². The Morgan fingerprint density at radius 3 is 2.79 bits per heavy atom. The number of thiazole rings is 1. The molecule has 1 N–H and O–H groups in total. The number of imidazole rings is 1. The van der Waals surface area contributed by atoms with Crippen molar-refractivity contribution in [2.75, 3.05) is 31.7 Å². The van der Waals surface area contributed by atoms with E-state index in [-0.39, 0.29) is 16.2 Å². The van der Waals surface area contributed by atoms with Gasteiger partial charge in [-0.05, 0) is 42.4 Å². The maximum absolute atomic E-state index is 11.6. The third-order valence-electron chi connectivity index (χ3n) is 5.23. The predicted molar refractivity (Wildman–Crippen MR) is 108 cm³/mol. The summed E-state index contributed by atoms with van der Waals surface area (Å²) in [6.45, 7) is 4.46. The highest BCUT2D eigenvalue weighted by Gasteiger charge is 2.36. The summed E-state index contributed by atoms with van der Waals surface area (Å²) in [5.41, 5.74) is 1.00. The molecular weight excluding hydrogens is 380 g/mol. The maximum Gasteiger partial charge on any atom is 0.372 e. The number of nitrogens with zero attached hydrogens (tertiary/aromatic N) is 3. The van der Waals surface area contributed by atoms with Crippen LogP contribution in [0.2, 0.25) is 0 Å². The number of benzene rings is 1. The van der Waals surface area contributed by atoms with Gasteiger partial charge in [0.1, 0.15) is 11.9 Å². The fourth-order valence-electron chi connectivity index (χ4n) is 3.72. The molecule has 0 saturated carbocycles. The number of aromatic nitrogens is 2. The number of rotatable bonds is 7. The summed E-state index contributed by atoms with van der Waals surface area (Å²) in [7, 11) is 0. The van der Waals surface area contributed by atoms with E-state index in [4.69, 9.17) is 9.47 Å². The molecule has 4 rings (SSSR count). The van der Waals surface area contributed by atoms with Crippen LogP contribution in [0.3, 0.4) is 0 Å². The first-order chi connectivity index (χ1) is 13.6. The Balaban J connectivity index is 1.61. The zero-order valence-electron chi connectivity index (χ0n) is 15.6. The van der Waals surface area contributed by atoms with Crippen LogP contribution in [-0.4, -0.2) is 40.7 Å². The first-order valence-electron chi connectivity index (χ1n) is 9.28. The molecule has 0 atom stereocenters. The third-order valence-corrected chi connectivity index (χ3v) is 5.99. The molecule has 0 amide bonds. The zero-order valence-corrected chi connectivity index (χ0v) is 16.4. The molecule has 9 heteroatoms. The number of fused-ring (bicyclic) bond motifs is 1. The molecule has 1 aliphatic rings. The first kappa shape index (κ1) is 18.7. The van der Waals surface area contributed by atoms with E-state index in [9.17, 15) is 10.1 Å². The van der Waals surface area contributed by atoms with Crippen molar-refractivity contribution >= 4 is 27.9 Å². The van der Waals surface area contributed by atoms with Gasteiger partial charge < -0.3 is 24.9 Å². The third kappa shape index (κ3) is 3.43. The molecule has 3 heterocycles. The molecule has 0 unspecified atom stereocenters. The first-order valence-corrected chi connectivity index (χ1v) is 10.2. The van der Waals surface area contributed by atoms with E-state index in [0.29, 0.717) is 37.1 Å². The molecule has 3 aromatic rings. The average molecular weight is 402 g/mol. The summed E-state index contributed by atoms with van der Waals surface area (Å²) in [4.78, 5) is 16.2.